The van der Waals surface area contributed by atoms with Gasteiger partial charge < -0.3 is 15.0 Å². The molecule has 8 nitrogen and oxygen atoms in total. The van der Waals surface area contributed by atoms with Gasteiger partial charge >= 0.3 is 0 Å². The van der Waals surface area contributed by atoms with Crippen LogP contribution in [-0.4, -0.2) is 50.9 Å². The highest BCUT2D eigenvalue weighted by molar-refractivity contribution is 7.92. The van der Waals surface area contributed by atoms with E-state index in [0.717, 1.165) is 21.9 Å². The largest absolute Gasteiger partial charge is 0.497 e. The Morgan fingerprint density at radius 2 is 1.56 bits per heavy atom. The van der Waals surface area contributed by atoms with Crippen molar-refractivity contribution < 1.29 is 22.7 Å². The van der Waals surface area contributed by atoms with Gasteiger partial charge in [-0.05, 0) is 73.7 Å². The van der Waals surface area contributed by atoms with Crippen molar-refractivity contribution in [1.82, 2.24) is 10.2 Å². The second-order valence-electron chi connectivity index (χ2n) is 10.4. The van der Waals surface area contributed by atoms with Gasteiger partial charge in [-0.1, -0.05) is 63.2 Å². The number of carbonyl (C=O) groups excluding carboxylic acids is 2. The Balaban J connectivity index is 2.03. The van der Waals surface area contributed by atoms with Crippen LogP contribution in [0.4, 0.5) is 5.69 Å². The van der Waals surface area contributed by atoms with Gasteiger partial charge in [-0.15, -0.1) is 0 Å². The Kier molecular flexibility index (Phi) is 10.9. The van der Waals surface area contributed by atoms with Gasteiger partial charge in [-0.2, -0.15) is 0 Å². The summed E-state index contributed by atoms with van der Waals surface area (Å²) in [5.41, 5.74) is 2.16. The van der Waals surface area contributed by atoms with E-state index >= 15 is 0 Å². The minimum Gasteiger partial charge on any atom is -0.497 e. The first-order valence-electron chi connectivity index (χ1n) is 13.9. The lowest BCUT2D eigenvalue weighted by atomic mass is 10.0. The van der Waals surface area contributed by atoms with Crippen molar-refractivity contribution in [2.75, 3.05) is 18.0 Å². The molecule has 0 radical (unpaired) electrons. The van der Waals surface area contributed by atoms with Crippen LogP contribution < -0.4 is 14.4 Å². The van der Waals surface area contributed by atoms with Crippen molar-refractivity contribution in [1.29, 1.82) is 0 Å². The minimum absolute atomic E-state index is 0.0719. The Labute approximate surface area is 244 Å². The molecule has 3 rings (SSSR count). The molecule has 0 spiro atoms. The fourth-order valence-electron chi connectivity index (χ4n) is 4.29. The molecule has 220 valence electrons. The van der Waals surface area contributed by atoms with Crippen LogP contribution in [0.5, 0.6) is 5.75 Å². The standard InChI is InChI=1S/C32H41N3O5S/c1-7-24(4)33-32(37)25(5)34(21-26-12-11-13-29(20-26)40-6)31(36)22-35(28-18-16-27(17-19-28)23(2)3)41(38,39)30-14-9-8-10-15-30/h8-20,23-25H,7,21-22H2,1-6H3,(H,33,37)/t24-,25+/m1/s1. The first kappa shape index (κ1) is 31.7. The normalized spacial score (nSPS) is 12.9. The van der Waals surface area contributed by atoms with E-state index in [1.54, 1.807) is 56.5 Å². The number of amides is 2. The quantitative estimate of drug-likeness (QED) is 0.295. The molecule has 9 heteroatoms. The summed E-state index contributed by atoms with van der Waals surface area (Å²) in [6, 6.07) is 21.5. The molecular weight excluding hydrogens is 538 g/mol. The van der Waals surface area contributed by atoms with Gasteiger partial charge in [-0.25, -0.2) is 8.42 Å². The molecule has 0 saturated carbocycles. The van der Waals surface area contributed by atoms with Crippen LogP contribution in [0.25, 0.3) is 0 Å². The van der Waals surface area contributed by atoms with E-state index in [1.807, 2.05) is 38.1 Å². The molecule has 0 aromatic heterocycles. The van der Waals surface area contributed by atoms with Crippen LogP contribution >= 0.6 is 0 Å². The van der Waals surface area contributed by atoms with Gasteiger partial charge in [0.15, 0.2) is 0 Å². The average Bonchev–Trinajstić information content (AvgIpc) is 2.98. The van der Waals surface area contributed by atoms with Crippen LogP contribution in [0.1, 0.15) is 58.1 Å². The maximum absolute atomic E-state index is 14.0. The Hall–Kier alpha value is -3.85. The number of methoxy groups -OCH3 is 1. The second kappa shape index (κ2) is 14.2. The number of carbonyl (C=O) groups is 2. The summed E-state index contributed by atoms with van der Waals surface area (Å²) in [7, 11) is -2.55. The maximum atomic E-state index is 14.0. The van der Waals surface area contributed by atoms with E-state index < -0.39 is 28.5 Å². The summed E-state index contributed by atoms with van der Waals surface area (Å²) >= 11 is 0. The number of nitrogens with one attached hydrogen (secondary N) is 1. The molecule has 0 bridgehead atoms. The van der Waals surface area contributed by atoms with Crippen molar-refractivity contribution in [3.63, 3.8) is 0 Å². The van der Waals surface area contributed by atoms with Gasteiger partial charge in [0.2, 0.25) is 11.8 Å². The van der Waals surface area contributed by atoms with E-state index in [4.69, 9.17) is 4.74 Å². The highest BCUT2D eigenvalue weighted by Crippen LogP contribution is 2.27. The molecule has 0 heterocycles. The van der Waals surface area contributed by atoms with Gasteiger partial charge in [0.1, 0.15) is 18.3 Å². The lowest BCUT2D eigenvalue weighted by molar-refractivity contribution is -0.139. The fourth-order valence-corrected chi connectivity index (χ4v) is 5.72. The maximum Gasteiger partial charge on any atom is 0.264 e. The van der Waals surface area contributed by atoms with Crippen molar-refractivity contribution >= 4 is 27.5 Å². The minimum atomic E-state index is -4.10. The Bertz CT molecular complexity index is 1410. The summed E-state index contributed by atoms with van der Waals surface area (Å²) < 4.78 is 34.3. The average molecular weight is 580 g/mol. The molecule has 2 amide bonds. The SMILES string of the molecule is CC[C@@H](C)NC(=O)[C@H](C)N(Cc1cccc(OC)c1)C(=O)CN(c1ccc(C(C)C)cc1)S(=O)(=O)c1ccccc1. The molecule has 2 atom stereocenters. The number of anilines is 1. The van der Waals surface area contributed by atoms with Crippen LogP contribution in [0.15, 0.2) is 83.8 Å². The number of sulfonamides is 1. The number of ether oxygens (including phenoxy) is 1. The molecule has 3 aromatic rings. The summed E-state index contributed by atoms with van der Waals surface area (Å²) in [5.74, 6) is 0.0552. The smallest absolute Gasteiger partial charge is 0.264 e. The van der Waals surface area contributed by atoms with E-state index in [1.165, 1.54) is 17.0 Å². The number of benzene rings is 3. The van der Waals surface area contributed by atoms with Crippen molar-refractivity contribution in [3.05, 3.63) is 90.0 Å². The number of hydrogen-bond donors (Lipinski definition) is 1. The van der Waals surface area contributed by atoms with Crippen molar-refractivity contribution in [2.24, 2.45) is 0 Å². The molecule has 0 unspecified atom stereocenters. The highest BCUT2D eigenvalue weighted by Gasteiger charge is 2.32. The van der Waals surface area contributed by atoms with Crippen molar-refractivity contribution in [2.45, 2.75) is 70.5 Å². The topological polar surface area (TPSA) is 96.0 Å². The third-order valence-electron chi connectivity index (χ3n) is 7.11. The van der Waals surface area contributed by atoms with E-state index in [-0.39, 0.29) is 29.3 Å². The predicted octanol–water partition coefficient (Wildman–Crippen LogP) is 5.35. The van der Waals surface area contributed by atoms with Gasteiger partial charge in [0.05, 0.1) is 17.7 Å². The van der Waals surface area contributed by atoms with Crippen LogP contribution in [0.3, 0.4) is 0 Å². The zero-order valence-electron chi connectivity index (χ0n) is 24.7. The molecule has 0 aliphatic heterocycles. The molecule has 0 aliphatic carbocycles. The third kappa shape index (κ3) is 8.10. The Morgan fingerprint density at radius 3 is 2.15 bits per heavy atom. The molecule has 3 aromatic carbocycles. The molecular formula is C32H41N3O5S. The lowest BCUT2D eigenvalue weighted by Gasteiger charge is -2.32. The molecule has 0 fully saturated rings. The van der Waals surface area contributed by atoms with Crippen LogP contribution in [-0.2, 0) is 26.2 Å². The number of rotatable bonds is 13. The molecule has 41 heavy (non-hydrogen) atoms. The zero-order chi connectivity index (χ0) is 30.2. The summed E-state index contributed by atoms with van der Waals surface area (Å²) in [5, 5.41) is 2.94. The highest BCUT2D eigenvalue weighted by atomic mass is 32.2. The Morgan fingerprint density at radius 1 is 0.902 bits per heavy atom. The first-order valence-corrected chi connectivity index (χ1v) is 15.3. The number of hydrogen-bond acceptors (Lipinski definition) is 5. The monoisotopic (exact) mass is 579 g/mol. The third-order valence-corrected chi connectivity index (χ3v) is 8.90. The van der Waals surface area contributed by atoms with E-state index in [2.05, 4.69) is 19.2 Å². The van der Waals surface area contributed by atoms with Gasteiger partial charge in [-0.3, -0.25) is 13.9 Å². The van der Waals surface area contributed by atoms with Crippen LogP contribution in [0.2, 0.25) is 0 Å². The summed E-state index contributed by atoms with van der Waals surface area (Å²) in [6.07, 6.45) is 0.734. The van der Waals surface area contributed by atoms with Crippen LogP contribution in [0, 0.1) is 0 Å². The first-order chi connectivity index (χ1) is 19.5. The van der Waals surface area contributed by atoms with Gasteiger partial charge in [0, 0.05) is 12.6 Å². The zero-order valence-corrected chi connectivity index (χ0v) is 25.5. The number of nitrogens with zero attached hydrogens (tertiary/aromatic N) is 2. The van der Waals surface area contributed by atoms with E-state index in [0.29, 0.717) is 11.4 Å². The summed E-state index contributed by atoms with van der Waals surface area (Å²) in [6.45, 7) is 9.24. The molecule has 0 aliphatic rings. The molecule has 1 N–H and O–H groups in total. The lowest BCUT2D eigenvalue weighted by Crippen LogP contribution is -2.52. The van der Waals surface area contributed by atoms with E-state index in [9.17, 15) is 18.0 Å². The van der Waals surface area contributed by atoms with Gasteiger partial charge in [0.25, 0.3) is 10.0 Å². The second-order valence-corrected chi connectivity index (χ2v) is 12.3. The summed E-state index contributed by atoms with van der Waals surface area (Å²) in [4.78, 5) is 28.7. The molecule has 0 saturated heterocycles. The predicted molar refractivity (Wildman–Crippen MR) is 162 cm³/mol. The fraction of sp³-hybridized carbons (Fsp3) is 0.375. The van der Waals surface area contributed by atoms with Crippen molar-refractivity contribution in [3.8, 4) is 5.75 Å².